The van der Waals surface area contributed by atoms with Crippen LogP contribution in [0.1, 0.15) is 47.7 Å². The van der Waals surface area contributed by atoms with Crippen molar-refractivity contribution in [1.29, 1.82) is 0 Å². The minimum Gasteiger partial charge on any atom is -0.381 e. The number of aromatic nitrogens is 2. The number of H-pyrrole nitrogens is 1. The highest BCUT2D eigenvalue weighted by Crippen LogP contribution is 2.34. The highest BCUT2D eigenvalue weighted by molar-refractivity contribution is 5.95. The molecule has 110 valence electrons. The van der Waals surface area contributed by atoms with Crippen molar-refractivity contribution in [3.05, 3.63) is 17.5 Å². The normalized spacial score (nSPS) is 24.4. The summed E-state index contributed by atoms with van der Waals surface area (Å²) in [5, 5.41) is 9.94. The smallest absolute Gasteiger partial charge is 0.254 e. The summed E-state index contributed by atoms with van der Waals surface area (Å²) in [6.45, 7) is 1.97. The van der Waals surface area contributed by atoms with Crippen LogP contribution < -0.4 is 5.32 Å². The summed E-state index contributed by atoms with van der Waals surface area (Å²) in [6.07, 6.45) is 5.73. The molecule has 1 atom stereocenters. The van der Waals surface area contributed by atoms with Gasteiger partial charge in [0.05, 0.1) is 29.7 Å². The lowest BCUT2D eigenvalue weighted by molar-refractivity contribution is -0.0679. The van der Waals surface area contributed by atoms with Crippen molar-refractivity contribution in [3.8, 4) is 0 Å². The first-order valence-corrected chi connectivity index (χ1v) is 7.18. The van der Waals surface area contributed by atoms with Crippen molar-refractivity contribution in [2.75, 3.05) is 26.9 Å². The van der Waals surface area contributed by atoms with Crippen LogP contribution in [-0.4, -0.2) is 48.6 Å². The fourth-order valence-corrected chi connectivity index (χ4v) is 2.91. The predicted molar refractivity (Wildman–Crippen MR) is 72.7 cm³/mol. The fraction of sp³-hybridized carbons (Fsp3) is 0.714. The van der Waals surface area contributed by atoms with Gasteiger partial charge in [0.15, 0.2) is 0 Å². The van der Waals surface area contributed by atoms with Crippen LogP contribution in [0.3, 0.4) is 0 Å². The van der Waals surface area contributed by atoms with Gasteiger partial charge in [-0.3, -0.25) is 9.89 Å². The number of carbonyl (C=O) groups is 1. The van der Waals surface area contributed by atoms with E-state index in [4.69, 9.17) is 9.47 Å². The number of hydrogen-bond acceptors (Lipinski definition) is 4. The van der Waals surface area contributed by atoms with E-state index in [1.807, 2.05) is 0 Å². The molecule has 3 rings (SSSR count). The van der Waals surface area contributed by atoms with E-state index in [1.165, 1.54) is 6.42 Å². The quantitative estimate of drug-likeness (QED) is 0.849. The zero-order chi connectivity index (χ0) is 14.0. The van der Waals surface area contributed by atoms with Gasteiger partial charge in [0, 0.05) is 26.2 Å². The lowest BCUT2D eigenvalue weighted by Gasteiger charge is -2.40. The molecule has 0 bridgehead atoms. The Balaban J connectivity index is 1.64. The molecule has 1 aromatic heterocycles. The average Bonchev–Trinajstić information content (AvgIpc) is 3.08. The third kappa shape index (κ3) is 2.45. The summed E-state index contributed by atoms with van der Waals surface area (Å²) in [6, 6.07) is 0. The molecule has 2 heterocycles. The first-order chi connectivity index (χ1) is 9.74. The van der Waals surface area contributed by atoms with Gasteiger partial charge in [0.2, 0.25) is 0 Å². The number of amides is 1. The Labute approximate surface area is 118 Å². The molecule has 1 saturated heterocycles. The molecule has 1 aliphatic carbocycles. The van der Waals surface area contributed by atoms with Crippen LogP contribution in [-0.2, 0) is 9.47 Å². The second-order valence-electron chi connectivity index (χ2n) is 5.68. The van der Waals surface area contributed by atoms with Crippen LogP contribution in [0.2, 0.25) is 0 Å². The van der Waals surface area contributed by atoms with E-state index in [2.05, 4.69) is 15.5 Å². The Bertz CT molecular complexity index is 470. The molecule has 2 N–H and O–H groups in total. The molecule has 1 saturated carbocycles. The van der Waals surface area contributed by atoms with Gasteiger partial charge in [-0.25, -0.2) is 0 Å². The number of nitrogens with zero attached hydrogens (tertiary/aromatic N) is 1. The zero-order valence-corrected chi connectivity index (χ0v) is 11.8. The maximum Gasteiger partial charge on any atom is 0.254 e. The van der Waals surface area contributed by atoms with Crippen molar-refractivity contribution in [2.45, 2.75) is 37.2 Å². The van der Waals surface area contributed by atoms with Gasteiger partial charge in [-0.1, -0.05) is 0 Å². The Morgan fingerprint density at radius 3 is 3.10 bits per heavy atom. The molecule has 0 radical (unpaired) electrons. The van der Waals surface area contributed by atoms with Crippen molar-refractivity contribution >= 4 is 5.91 Å². The summed E-state index contributed by atoms with van der Waals surface area (Å²) in [4.78, 5) is 12.3. The van der Waals surface area contributed by atoms with Crippen molar-refractivity contribution < 1.29 is 14.3 Å². The van der Waals surface area contributed by atoms with Crippen LogP contribution in [0.5, 0.6) is 0 Å². The summed E-state index contributed by atoms with van der Waals surface area (Å²) >= 11 is 0. The van der Waals surface area contributed by atoms with E-state index in [9.17, 15) is 4.79 Å². The number of hydrogen-bond donors (Lipinski definition) is 2. The van der Waals surface area contributed by atoms with Crippen LogP contribution in [0.4, 0.5) is 0 Å². The number of aromatic amines is 1. The van der Waals surface area contributed by atoms with Crippen LogP contribution >= 0.6 is 0 Å². The van der Waals surface area contributed by atoms with Gasteiger partial charge in [-0.15, -0.1) is 0 Å². The van der Waals surface area contributed by atoms with Crippen molar-refractivity contribution in [3.63, 3.8) is 0 Å². The van der Waals surface area contributed by atoms with E-state index in [1.54, 1.807) is 13.3 Å². The van der Waals surface area contributed by atoms with Gasteiger partial charge in [-0.05, 0) is 25.7 Å². The summed E-state index contributed by atoms with van der Waals surface area (Å²) in [7, 11) is 1.71. The Morgan fingerprint density at radius 2 is 2.50 bits per heavy atom. The highest BCUT2D eigenvalue weighted by atomic mass is 16.5. The van der Waals surface area contributed by atoms with Crippen LogP contribution in [0.15, 0.2) is 6.20 Å². The number of ether oxygens (including phenoxy) is 2. The molecule has 20 heavy (non-hydrogen) atoms. The molecule has 1 aliphatic heterocycles. The van der Waals surface area contributed by atoms with E-state index in [-0.39, 0.29) is 17.4 Å². The first kappa shape index (κ1) is 13.6. The molecule has 2 aliphatic rings. The van der Waals surface area contributed by atoms with Crippen LogP contribution in [0.25, 0.3) is 0 Å². The Hall–Kier alpha value is -1.40. The molecular weight excluding hydrogens is 258 g/mol. The SMILES string of the molecule is COC1(CNC(=O)c2cn[nH]c2C2CCOC2)CCC1. The third-order valence-electron chi connectivity index (χ3n) is 4.52. The largest absolute Gasteiger partial charge is 0.381 e. The standard InChI is InChI=1S/C14H21N3O3/c1-19-14(4-2-5-14)9-15-13(18)11-7-16-17-12(11)10-3-6-20-8-10/h7,10H,2-6,8-9H2,1H3,(H,15,18)(H,16,17). The zero-order valence-electron chi connectivity index (χ0n) is 11.8. The summed E-state index contributed by atoms with van der Waals surface area (Å²) < 4.78 is 10.9. The number of carbonyl (C=O) groups excluding carboxylic acids is 1. The van der Waals surface area contributed by atoms with Crippen LogP contribution in [0, 0.1) is 0 Å². The Kier molecular flexibility index (Phi) is 3.76. The van der Waals surface area contributed by atoms with Gasteiger partial charge in [0.25, 0.3) is 5.91 Å². The molecule has 0 aromatic carbocycles. The average molecular weight is 279 g/mol. The predicted octanol–water partition coefficient (Wildman–Crippen LogP) is 1.21. The Morgan fingerprint density at radius 1 is 1.65 bits per heavy atom. The minimum atomic E-state index is -0.157. The topological polar surface area (TPSA) is 76.2 Å². The molecular formula is C14H21N3O3. The van der Waals surface area contributed by atoms with Gasteiger partial charge >= 0.3 is 0 Å². The van der Waals surface area contributed by atoms with Gasteiger partial charge in [-0.2, -0.15) is 5.10 Å². The molecule has 6 nitrogen and oxygen atoms in total. The monoisotopic (exact) mass is 279 g/mol. The van der Waals surface area contributed by atoms with E-state index < -0.39 is 0 Å². The molecule has 1 unspecified atom stereocenters. The van der Waals surface area contributed by atoms with E-state index >= 15 is 0 Å². The summed E-state index contributed by atoms with van der Waals surface area (Å²) in [5.41, 5.74) is 1.36. The highest BCUT2D eigenvalue weighted by Gasteiger charge is 2.37. The molecule has 2 fully saturated rings. The number of rotatable bonds is 5. The summed E-state index contributed by atoms with van der Waals surface area (Å²) in [5.74, 6) is 0.169. The first-order valence-electron chi connectivity index (χ1n) is 7.18. The van der Waals surface area contributed by atoms with E-state index in [0.29, 0.717) is 18.7 Å². The number of nitrogens with one attached hydrogen (secondary N) is 2. The molecule has 1 amide bonds. The van der Waals surface area contributed by atoms with Crippen molar-refractivity contribution in [1.82, 2.24) is 15.5 Å². The van der Waals surface area contributed by atoms with E-state index in [0.717, 1.165) is 31.6 Å². The second kappa shape index (κ2) is 5.54. The third-order valence-corrected chi connectivity index (χ3v) is 4.52. The van der Waals surface area contributed by atoms with Gasteiger partial charge in [0.1, 0.15) is 0 Å². The fourth-order valence-electron chi connectivity index (χ4n) is 2.91. The number of methoxy groups -OCH3 is 1. The molecule has 1 aromatic rings. The maximum absolute atomic E-state index is 12.3. The maximum atomic E-state index is 12.3. The van der Waals surface area contributed by atoms with Crippen molar-refractivity contribution in [2.24, 2.45) is 0 Å². The molecule has 0 spiro atoms. The lowest BCUT2D eigenvalue weighted by atomic mass is 9.80. The molecule has 6 heteroatoms. The minimum absolute atomic E-state index is 0.0797. The second-order valence-corrected chi connectivity index (χ2v) is 5.68. The van der Waals surface area contributed by atoms with Gasteiger partial charge < -0.3 is 14.8 Å². The lowest BCUT2D eigenvalue weighted by Crippen LogP contribution is -2.49.